The number of aromatic nitrogens is 1. The molecule has 0 bridgehead atoms. The Hall–Kier alpha value is -0.570. The zero-order valence-corrected chi connectivity index (χ0v) is 12.3. The smallest absolute Gasteiger partial charge is 0.139 e. The van der Waals surface area contributed by atoms with Crippen LogP contribution in [0.25, 0.3) is 0 Å². The van der Waals surface area contributed by atoms with E-state index in [1.807, 2.05) is 33.8 Å². The maximum atomic E-state index is 5.64. The number of hydrogen-bond acceptors (Lipinski definition) is 2. The molecule has 0 spiro atoms. The molecular weight excluding hydrogens is 266 g/mol. The standard InChI is InChI=1S/C9H10BrNO.2C2H6/c10-7-4-9(6-11-5-7)12-8-2-1-3-8;2*1-2/h4-6,8H,1-3H2;2*1-2H3. The lowest BCUT2D eigenvalue weighted by Crippen LogP contribution is -2.24. The second-order valence-corrected chi connectivity index (χ2v) is 3.93. The summed E-state index contributed by atoms with van der Waals surface area (Å²) in [5.74, 6) is 0.870. The quantitative estimate of drug-likeness (QED) is 0.777. The Labute approximate surface area is 108 Å². The van der Waals surface area contributed by atoms with Crippen LogP contribution in [0.2, 0.25) is 0 Å². The van der Waals surface area contributed by atoms with Crippen molar-refractivity contribution in [1.82, 2.24) is 4.98 Å². The van der Waals surface area contributed by atoms with Crippen molar-refractivity contribution in [2.45, 2.75) is 53.1 Å². The Morgan fingerprint density at radius 3 is 2.25 bits per heavy atom. The highest BCUT2D eigenvalue weighted by Crippen LogP contribution is 2.25. The van der Waals surface area contributed by atoms with Gasteiger partial charge in [0, 0.05) is 10.7 Å². The SMILES string of the molecule is Brc1cncc(OC2CCC2)c1.CC.CC. The molecule has 0 N–H and O–H groups in total. The third-order valence-corrected chi connectivity index (χ3v) is 2.47. The van der Waals surface area contributed by atoms with Gasteiger partial charge in [-0.1, -0.05) is 27.7 Å². The molecule has 0 aromatic carbocycles. The molecule has 0 radical (unpaired) electrons. The molecule has 1 saturated carbocycles. The topological polar surface area (TPSA) is 22.1 Å². The van der Waals surface area contributed by atoms with E-state index >= 15 is 0 Å². The zero-order chi connectivity index (χ0) is 12.4. The van der Waals surface area contributed by atoms with E-state index in [4.69, 9.17) is 4.74 Å². The Morgan fingerprint density at radius 2 is 1.81 bits per heavy atom. The van der Waals surface area contributed by atoms with Crippen LogP contribution in [0.1, 0.15) is 47.0 Å². The second-order valence-electron chi connectivity index (χ2n) is 3.01. The van der Waals surface area contributed by atoms with Gasteiger partial charge < -0.3 is 4.74 Å². The van der Waals surface area contributed by atoms with Crippen LogP contribution < -0.4 is 4.74 Å². The van der Waals surface area contributed by atoms with Gasteiger partial charge in [-0.25, -0.2) is 0 Å². The third-order valence-electron chi connectivity index (χ3n) is 2.03. The average molecular weight is 288 g/mol. The van der Waals surface area contributed by atoms with E-state index in [0.717, 1.165) is 10.2 Å². The average Bonchev–Trinajstić information content (AvgIpc) is 2.29. The Bertz CT molecular complexity index is 274. The number of hydrogen-bond donors (Lipinski definition) is 0. The van der Waals surface area contributed by atoms with Crippen LogP contribution in [-0.4, -0.2) is 11.1 Å². The maximum Gasteiger partial charge on any atom is 0.139 e. The largest absolute Gasteiger partial charge is 0.489 e. The molecule has 2 nitrogen and oxygen atoms in total. The lowest BCUT2D eigenvalue weighted by atomic mass is 9.96. The van der Waals surface area contributed by atoms with Gasteiger partial charge in [0.15, 0.2) is 0 Å². The van der Waals surface area contributed by atoms with Crippen LogP contribution in [0.4, 0.5) is 0 Å². The molecule has 3 heteroatoms. The van der Waals surface area contributed by atoms with E-state index in [2.05, 4.69) is 20.9 Å². The van der Waals surface area contributed by atoms with E-state index < -0.39 is 0 Å². The predicted molar refractivity (Wildman–Crippen MR) is 72.9 cm³/mol. The fourth-order valence-corrected chi connectivity index (χ4v) is 1.48. The Morgan fingerprint density at radius 1 is 1.19 bits per heavy atom. The normalized spacial score (nSPS) is 13.6. The van der Waals surface area contributed by atoms with Gasteiger partial charge in [0.2, 0.25) is 0 Å². The molecule has 2 rings (SSSR count). The van der Waals surface area contributed by atoms with Gasteiger partial charge in [-0.3, -0.25) is 4.98 Å². The van der Waals surface area contributed by atoms with Gasteiger partial charge in [0.25, 0.3) is 0 Å². The first-order valence-corrected chi connectivity index (χ1v) is 6.91. The molecule has 16 heavy (non-hydrogen) atoms. The Kier molecular flexibility index (Phi) is 9.30. The van der Waals surface area contributed by atoms with Crippen molar-refractivity contribution >= 4 is 15.9 Å². The minimum Gasteiger partial charge on any atom is -0.489 e. The van der Waals surface area contributed by atoms with Crippen LogP contribution in [-0.2, 0) is 0 Å². The predicted octanol–water partition coefficient (Wildman–Crippen LogP) is 4.83. The van der Waals surface area contributed by atoms with Crippen LogP contribution >= 0.6 is 15.9 Å². The van der Waals surface area contributed by atoms with Crippen molar-refractivity contribution in [3.63, 3.8) is 0 Å². The van der Waals surface area contributed by atoms with Crippen LogP contribution in [0.15, 0.2) is 22.9 Å². The maximum absolute atomic E-state index is 5.64. The number of rotatable bonds is 2. The molecule has 0 unspecified atom stereocenters. The van der Waals surface area contributed by atoms with Crippen molar-refractivity contribution < 1.29 is 4.74 Å². The van der Waals surface area contributed by atoms with Gasteiger partial charge >= 0.3 is 0 Å². The first-order valence-electron chi connectivity index (χ1n) is 6.12. The zero-order valence-electron chi connectivity index (χ0n) is 10.7. The molecule has 1 aliphatic carbocycles. The van der Waals surface area contributed by atoms with Crippen molar-refractivity contribution in [1.29, 1.82) is 0 Å². The minimum absolute atomic E-state index is 0.432. The first-order chi connectivity index (χ1) is 7.84. The molecule has 0 saturated heterocycles. The first kappa shape index (κ1) is 15.4. The third kappa shape index (κ3) is 5.50. The van der Waals surface area contributed by atoms with Gasteiger partial charge in [0.05, 0.1) is 12.3 Å². The summed E-state index contributed by atoms with van der Waals surface area (Å²) >= 11 is 3.35. The van der Waals surface area contributed by atoms with Crippen molar-refractivity contribution in [2.24, 2.45) is 0 Å². The van der Waals surface area contributed by atoms with E-state index in [0.29, 0.717) is 6.10 Å². The number of halogens is 1. The highest BCUT2D eigenvalue weighted by molar-refractivity contribution is 9.10. The van der Waals surface area contributed by atoms with E-state index in [1.54, 1.807) is 12.4 Å². The summed E-state index contributed by atoms with van der Waals surface area (Å²) in [4.78, 5) is 4.02. The lowest BCUT2D eigenvalue weighted by molar-refractivity contribution is 0.120. The Balaban J connectivity index is 0.000000509. The van der Waals surface area contributed by atoms with E-state index in [9.17, 15) is 0 Å². The van der Waals surface area contributed by atoms with E-state index in [1.165, 1.54) is 19.3 Å². The molecule has 1 aromatic heterocycles. The van der Waals surface area contributed by atoms with Crippen LogP contribution in [0.3, 0.4) is 0 Å². The summed E-state index contributed by atoms with van der Waals surface area (Å²) in [7, 11) is 0. The molecular formula is C13H22BrNO. The molecule has 92 valence electrons. The lowest BCUT2D eigenvalue weighted by Gasteiger charge is -2.26. The van der Waals surface area contributed by atoms with Crippen LogP contribution in [0.5, 0.6) is 5.75 Å². The highest BCUT2D eigenvalue weighted by Gasteiger charge is 2.18. The molecule has 1 aliphatic rings. The van der Waals surface area contributed by atoms with Gasteiger partial charge in [-0.05, 0) is 41.3 Å². The monoisotopic (exact) mass is 287 g/mol. The van der Waals surface area contributed by atoms with Crippen molar-refractivity contribution in [2.75, 3.05) is 0 Å². The molecule has 1 heterocycles. The summed E-state index contributed by atoms with van der Waals surface area (Å²) in [5, 5.41) is 0. The van der Waals surface area contributed by atoms with Gasteiger partial charge in [-0.2, -0.15) is 0 Å². The van der Waals surface area contributed by atoms with Crippen LogP contribution in [0, 0.1) is 0 Å². The molecule has 1 aromatic rings. The van der Waals surface area contributed by atoms with E-state index in [-0.39, 0.29) is 0 Å². The number of pyridine rings is 1. The summed E-state index contributed by atoms with van der Waals surface area (Å²) in [6.07, 6.45) is 7.61. The highest BCUT2D eigenvalue weighted by atomic mass is 79.9. The van der Waals surface area contributed by atoms with Crippen molar-refractivity contribution in [3.8, 4) is 5.75 Å². The molecule has 1 fully saturated rings. The molecule has 0 atom stereocenters. The fraction of sp³-hybridized carbons (Fsp3) is 0.615. The molecule has 0 aliphatic heterocycles. The fourth-order valence-electron chi connectivity index (χ4n) is 1.14. The summed E-state index contributed by atoms with van der Waals surface area (Å²) in [6.45, 7) is 8.00. The summed E-state index contributed by atoms with van der Waals surface area (Å²) in [5.41, 5.74) is 0. The second kappa shape index (κ2) is 9.64. The summed E-state index contributed by atoms with van der Waals surface area (Å²) in [6, 6.07) is 1.95. The minimum atomic E-state index is 0.432. The summed E-state index contributed by atoms with van der Waals surface area (Å²) < 4.78 is 6.61. The van der Waals surface area contributed by atoms with Gasteiger partial charge in [-0.15, -0.1) is 0 Å². The van der Waals surface area contributed by atoms with Gasteiger partial charge in [0.1, 0.15) is 5.75 Å². The number of nitrogens with zero attached hydrogens (tertiary/aromatic N) is 1. The van der Waals surface area contributed by atoms with Crippen molar-refractivity contribution in [3.05, 3.63) is 22.9 Å². The number of ether oxygens (including phenoxy) is 1. The molecule has 0 amide bonds.